The Bertz CT molecular complexity index is 794. The molecule has 4 N–H and O–H groups in total. The van der Waals surface area contributed by atoms with Crippen LogP contribution in [0.25, 0.3) is 10.9 Å². The minimum absolute atomic E-state index is 0.0000494. The Labute approximate surface area is 168 Å². The number of rotatable bonds is 14. The Morgan fingerprint density at radius 1 is 1.34 bits per heavy atom. The van der Waals surface area contributed by atoms with Gasteiger partial charge in [0.15, 0.2) is 0 Å². The fourth-order valence-electron chi connectivity index (χ4n) is 2.81. The maximum Gasteiger partial charge on any atom is 0.294 e. The van der Waals surface area contributed by atoms with Crippen molar-refractivity contribution in [2.45, 2.75) is 32.3 Å². The van der Waals surface area contributed by atoms with E-state index in [9.17, 15) is 20.0 Å². The van der Waals surface area contributed by atoms with Crippen LogP contribution in [0.3, 0.4) is 0 Å². The molecule has 1 heterocycles. The van der Waals surface area contributed by atoms with E-state index in [0.717, 1.165) is 22.2 Å². The molecule has 1 atom stereocenters. The lowest BCUT2D eigenvalue weighted by Crippen LogP contribution is -2.37. The number of unbranched alkanes of at least 4 members (excludes halogenated alkanes) is 1. The molecule has 0 aliphatic carbocycles. The molecule has 0 bridgehead atoms. The van der Waals surface area contributed by atoms with Crippen molar-refractivity contribution in [2.75, 3.05) is 32.8 Å². The number of fused-ring (bicyclic) bond motifs is 1. The van der Waals surface area contributed by atoms with Crippen molar-refractivity contribution in [2.24, 2.45) is 0 Å². The minimum Gasteiger partial charge on any atom is -0.490 e. The smallest absolute Gasteiger partial charge is 0.294 e. The lowest BCUT2D eigenvalue weighted by Gasteiger charge is -2.14. The molecule has 1 amide bonds. The molecule has 160 valence electrons. The second-order valence-corrected chi connectivity index (χ2v) is 6.73. The monoisotopic (exact) mass is 408 g/mol. The van der Waals surface area contributed by atoms with E-state index in [1.54, 1.807) is 0 Å². The molecule has 0 radical (unpaired) electrons. The number of amides is 1. The van der Waals surface area contributed by atoms with E-state index in [1.807, 2.05) is 31.3 Å². The van der Waals surface area contributed by atoms with Gasteiger partial charge in [-0.3, -0.25) is 4.79 Å². The highest BCUT2D eigenvalue weighted by atomic mass is 16.9. The van der Waals surface area contributed by atoms with Crippen LogP contribution in [0.2, 0.25) is 0 Å². The second-order valence-electron chi connectivity index (χ2n) is 6.73. The van der Waals surface area contributed by atoms with Crippen LogP contribution in [0.4, 0.5) is 0 Å². The average Bonchev–Trinajstić information content (AvgIpc) is 3.13. The van der Waals surface area contributed by atoms with Gasteiger partial charge in [-0.2, -0.15) is 0 Å². The van der Waals surface area contributed by atoms with E-state index in [2.05, 4.69) is 20.5 Å². The SMILES string of the molecule is Cc1cc(OCC(O)CNCCNC(=O)CCCCO[N+](=O)[O-])c2cc[nH]c2c1. The highest BCUT2D eigenvalue weighted by Crippen LogP contribution is 2.26. The third kappa shape index (κ3) is 8.36. The predicted octanol–water partition coefficient (Wildman–Crippen LogP) is 1.30. The molecule has 0 aliphatic heterocycles. The molecular formula is C19H28N4O6. The molecule has 1 aromatic heterocycles. The van der Waals surface area contributed by atoms with Crippen molar-refractivity contribution >= 4 is 16.8 Å². The standard InChI is InChI=1S/C19H28N4O6/c1-14-10-17-16(5-6-21-17)18(11-14)28-13-15(24)12-20-7-8-22-19(25)4-2-3-9-29-23(26)27/h5-6,10-11,15,20-21,24H,2-4,7-9,12-13H2,1H3,(H,22,25). The number of nitrogens with zero attached hydrogens (tertiary/aromatic N) is 1. The predicted molar refractivity (Wildman–Crippen MR) is 107 cm³/mol. The number of aromatic amines is 1. The zero-order valence-electron chi connectivity index (χ0n) is 16.5. The summed E-state index contributed by atoms with van der Waals surface area (Å²) in [4.78, 5) is 28.9. The number of H-pyrrole nitrogens is 1. The first-order chi connectivity index (χ1) is 14.0. The van der Waals surface area contributed by atoms with Crippen molar-refractivity contribution in [1.29, 1.82) is 0 Å². The number of ether oxygens (including phenoxy) is 1. The zero-order chi connectivity index (χ0) is 21.1. The topological polar surface area (TPSA) is 139 Å². The van der Waals surface area contributed by atoms with Gasteiger partial charge < -0.3 is 30.3 Å². The Hall–Kier alpha value is -2.85. The van der Waals surface area contributed by atoms with Gasteiger partial charge in [-0.25, -0.2) is 0 Å². The number of aliphatic hydroxyl groups excluding tert-OH is 1. The summed E-state index contributed by atoms with van der Waals surface area (Å²) in [6.45, 7) is 3.44. The molecule has 2 aromatic rings. The largest absolute Gasteiger partial charge is 0.490 e. The summed E-state index contributed by atoms with van der Waals surface area (Å²) in [5.41, 5.74) is 2.07. The maximum absolute atomic E-state index is 11.6. The Balaban J connectivity index is 1.53. The van der Waals surface area contributed by atoms with Crippen LogP contribution in [0.5, 0.6) is 5.75 Å². The minimum atomic E-state index is -0.840. The quantitative estimate of drug-likeness (QED) is 0.210. The van der Waals surface area contributed by atoms with Crippen LogP contribution in [0.1, 0.15) is 24.8 Å². The van der Waals surface area contributed by atoms with Gasteiger partial charge in [0.25, 0.3) is 5.09 Å². The normalized spacial score (nSPS) is 11.9. The van der Waals surface area contributed by atoms with Gasteiger partial charge in [0.1, 0.15) is 18.5 Å². The first-order valence-electron chi connectivity index (χ1n) is 9.59. The third-order valence-electron chi connectivity index (χ3n) is 4.21. The van der Waals surface area contributed by atoms with Crippen LogP contribution < -0.4 is 15.4 Å². The Kier molecular flexibility index (Phi) is 9.19. The number of aromatic nitrogens is 1. The molecule has 0 saturated carbocycles. The molecule has 10 heteroatoms. The molecule has 29 heavy (non-hydrogen) atoms. The van der Waals surface area contributed by atoms with Gasteiger partial charge in [0.05, 0.1) is 6.61 Å². The summed E-state index contributed by atoms with van der Waals surface area (Å²) in [5, 5.41) is 26.0. The first kappa shape index (κ1) is 22.4. The summed E-state index contributed by atoms with van der Waals surface area (Å²) in [6, 6.07) is 5.91. The van der Waals surface area contributed by atoms with E-state index in [4.69, 9.17) is 4.74 Å². The summed E-state index contributed by atoms with van der Waals surface area (Å²) in [6.07, 6.45) is 2.44. The molecule has 10 nitrogen and oxygen atoms in total. The van der Waals surface area contributed by atoms with E-state index in [0.29, 0.717) is 38.9 Å². The third-order valence-corrected chi connectivity index (χ3v) is 4.21. The number of aryl methyl sites for hydroxylation is 1. The summed E-state index contributed by atoms with van der Waals surface area (Å²) >= 11 is 0. The molecule has 1 unspecified atom stereocenters. The van der Waals surface area contributed by atoms with Crippen LogP contribution in [-0.4, -0.2) is 60.0 Å². The van der Waals surface area contributed by atoms with Gasteiger partial charge in [0, 0.05) is 43.2 Å². The lowest BCUT2D eigenvalue weighted by molar-refractivity contribution is -0.757. The number of carbonyl (C=O) groups excluding carboxylic acids is 1. The fraction of sp³-hybridized carbons (Fsp3) is 0.526. The van der Waals surface area contributed by atoms with E-state index in [1.165, 1.54) is 0 Å². The Morgan fingerprint density at radius 2 is 2.17 bits per heavy atom. The van der Waals surface area contributed by atoms with Crippen LogP contribution >= 0.6 is 0 Å². The van der Waals surface area contributed by atoms with Crippen LogP contribution in [0.15, 0.2) is 24.4 Å². The molecule has 1 aromatic carbocycles. The highest BCUT2D eigenvalue weighted by Gasteiger charge is 2.09. The van der Waals surface area contributed by atoms with Crippen LogP contribution in [0, 0.1) is 17.0 Å². The number of carbonyl (C=O) groups is 1. The second kappa shape index (κ2) is 11.9. The molecule has 0 aliphatic rings. The molecular weight excluding hydrogens is 380 g/mol. The lowest BCUT2D eigenvalue weighted by atomic mass is 10.1. The number of benzene rings is 1. The van der Waals surface area contributed by atoms with Crippen LogP contribution in [-0.2, 0) is 9.63 Å². The molecule has 0 spiro atoms. The van der Waals surface area contributed by atoms with E-state index in [-0.39, 0.29) is 19.1 Å². The van der Waals surface area contributed by atoms with Gasteiger partial charge in [-0.1, -0.05) is 0 Å². The van der Waals surface area contributed by atoms with E-state index >= 15 is 0 Å². The maximum atomic E-state index is 11.6. The number of hydrogen-bond donors (Lipinski definition) is 4. The number of aliphatic hydroxyl groups is 1. The Morgan fingerprint density at radius 3 is 2.97 bits per heavy atom. The van der Waals surface area contributed by atoms with Crippen molar-refractivity contribution in [3.63, 3.8) is 0 Å². The van der Waals surface area contributed by atoms with Gasteiger partial charge in [-0.05, 0) is 43.5 Å². The average molecular weight is 408 g/mol. The summed E-state index contributed by atoms with van der Waals surface area (Å²) < 4.78 is 5.76. The van der Waals surface area contributed by atoms with E-state index < -0.39 is 11.2 Å². The van der Waals surface area contributed by atoms with Crippen molar-refractivity contribution in [3.8, 4) is 5.75 Å². The summed E-state index contributed by atoms with van der Waals surface area (Å²) in [7, 11) is 0. The van der Waals surface area contributed by atoms with Crippen molar-refractivity contribution in [1.82, 2.24) is 15.6 Å². The van der Waals surface area contributed by atoms with Gasteiger partial charge in [0.2, 0.25) is 5.91 Å². The number of hydrogen-bond acceptors (Lipinski definition) is 7. The number of nitrogens with one attached hydrogen (secondary N) is 3. The van der Waals surface area contributed by atoms with Crippen molar-refractivity contribution < 1.29 is 24.6 Å². The summed E-state index contributed by atoms with van der Waals surface area (Å²) in [5.74, 6) is 0.614. The zero-order valence-corrected chi connectivity index (χ0v) is 16.5. The molecule has 0 fully saturated rings. The highest BCUT2D eigenvalue weighted by molar-refractivity contribution is 5.86. The first-order valence-corrected chi connectivity index (χ1v) is 9.59. The van der Waals surface area contributed by atoms with Gasteiger partial charge >= 0.3 is 0 Å². The fourth-order valence-corrected chi connectivity index (χ4v) is 2.81. The van der Waals surface area contributed by atoms with Crippen molar-refractivity contribution in [3.05, 3.63) is 40.1 Å². The molecule has 0 saturated heterocycles. The molecule has 2 rings (SSSR count). The van der Waals surface area contributed by atoms with Gasteiger partial charge in [-0.15, -0.1) is 10.1 Å².